The zero-order chi connectivity index (χ0) is 12.3. The molecule has 2 saturated carbocycles. The highest BCUT2D eigenvalue weighted by atomic mass is 16.2. The maximum absolute atomic E-state index is 12.3. The first-order valence-electron chi connectivity index (χ1n) is 6.90. The van der Waals surface area contributed by atoms with E-state index in [2.05, 4.69) is 18.3 Å². The minimum atomic E-state index is -0.736. The van der Waals surface area contributed by atoms with Crippen molar-refractivity contribution in [1.82, 2.24) is 5.32 Å². The van der Waals surface area contributed by atoms with Gasteiger partial charge in [0.25, 0.3) is 0 Å². The van der Waals surface area contributed by atoms with Gasteiger partial charge >= 0.3 is 0 Å². The third-order valence-electron chi connectivity index (χ3n) is 4.29. The van der Waals surface area contributed by atoms with Gasteiger partial charge < -0.3 is 5.32 Å². The smallest absolute Gasteiger partial charge is 0.240 e. The van der Waals surface area contributed by atoms with Crippen molar-refractivity contribution in [1.29, 1.82) is 5.26 Å². The van der Waals surface area contributed by atoms with Gasteiger partial charge in [-0.3, -0.25) is 4.79 Å². The minimum absolute atomic E-state index is 0.0127. The van der Waals surface area contributed by atoms with Crippen LogP contribution in [0, 0.1) is 22.7 Å². The molecule has 2 aliphatic carbocycles. The van der Waals surface area contributed by atoms with Crippen LogP contribution in [0.2, 0.25) is 0 Å². The van der Waals surface area contributed by atoms with E-state index in [1.54, 1.807) is 0 Å². The molecule has 2 rings (SSSR count). The Balaban J connectivity index is 2.00. The maximum atomic E-state index is 12.3. The van der Waals surface area contributed by atoms with Crippen molar-refractivity contribution in [3.05, 3.63) is 0 Å². The van der Waals surface area contributed by atoms with Gasteiger partial charge in [-0.05, 0) is 38.5 Å². The van der Waals surface area contributed by atoms with Crippen LogP contribution in [-0.2, 0) is 4.79 Å². The molecule has 0 aromatic carbocycles. The van der Waals surface area contributed by atoms with E-state index in [-0.39, 0.29) is 11.9 Å². The third kappa shape index (κ3) is 2.80. The molecule has 94 valence electrons. The Morgan fingerprint density at radius 3 is 2.35 bits per heavy atom. The summed E-state index contributed by atoms with van der Waals surface area (Å²) in [5.74, 6) is 0.641. The molecule has 0 radical (unpaired) electrons. The normalized spacial score (nSPS) is 25.4. The predicted molar refractivity (Wildman–Crippen MR) is 66.1 cm³/mol. The van der Waals surface area contributed by atoms with E-state index in [0.29, 0.717) is 5.92 Å². The lowest BCUT2D eigenvalue weighted by Gasteiger charge is -2.26. The van der Waals surface area contributed by atoms with Gasteiger partial charge in [-0.1, -0.05) is 25.7 Å². The molecule has 2 fully saturated rings. The molecule has 0 saturated heterocycles. The summed E-state index contributed by atoms with van der Waals surface area (Å²) in [7, 11) is 0. The highest BCUT2D eigenvalue weighted by molar-refractivity contribution is 5.85. The Labute approximate surface area is 104 Å². The molecular formula is C14H22N2O. The van der Waals surface area contributed by atoms with E-state index < -0.39 is 5.41 Å². The molecule has 0 bridgehead atoms. The van der Waals surface area contributed by atoms with E-state index in [1.165, 1.54) is 12.8 Å². The lowest BCUT2D eigenvalue weighted by Crippen LogP contribution is -2.44. The number of nitrogens with one attached hydrogen (secondary N) is 1. The van der Waals surface area contributed by atoms with Gasteiger partial charge in [-0.25, -0.2) is 0 Å². The number of carbonyl (C=O) groups excluding carboxylic acids is 1. The maximum Gasteiger partial charge on any atom is 0.240 e. The van der Waals surface area contributed by atoms with Crippen molar-refractivity contribution in [2.45, 2.75) is 64.3 Å². The lowest BCUT2D eigenvalue weighted by molar-refractivity contribution is -0.129. The van der Waals surface area contributed by atoms with Crippen LogP contribution in [0.25, 0.3) is 0 Å². The molecule has 0 aliphatic heterocycles. The second-order valence-electron chi connectivity index (χ2n) is 5.71. The molecule has 0 spiro atoms. The number of carbonyl (C=O) groups is 1. The SMILES string of the molecule is CC(NC(=O)C1(C#N)CCCCCC1)C1CC1. The highest BCUT2D eigenvalue weighted by Gasteiger charge is 2.40. The van der Waals surface area contributed by atoms with Crippen molar-refractivity contribution in [2.75, 3.05) is 0 Å². The Morgan fingerprint density at radius 2 is 1.88 bits per heavy atom. The van der Waals surface area contributed by atoms with Crippen molar-refractivity contribution in [2.24, 2.45) is 11.3 Å². The predicted octanol–water partition coefficient (Wildman–Crippen LogP) is 2.77. The summed E-state index contributed by atoms with van der Waals surface area (Å²) >= 11 is 0. The van der Waals surface area contributed by atoms with Crippen molar-refractivity contribution in [3.63, 3.8) is 0 Å². The van der Waals surface area contributed by atoms with Crippen LogP contribution < -0.4 is 5.32 Å². The van der Waals surface area contributed by atoms with E-state index in [4.69, 9.17) is 0 Å². The fraction of sp³-hybridized carbons (Fsp3) is 0.857. The average molecular weight is 234 g/mol. The summed E-state index contributed by atoms with van der Waals surface area (Å²) in [6.07, 6.45) is 8.28. The molecule has 1 atom stereocenters. The topological polar surface area (TPSA) is 52.9 Å². The Bertz CT molecular complexity index is 320. The monoisotopic (exact) mass is 234 g/mol. The Kier molecular flexibility index (Phi) is 3.71. The van der Waals surface area contributed by atoms with Crippen LogP contribution in [0.4, 0.5) is 0 Å². The van der Waals surface area contributed by atoms with E-state index in [0.717, 1.165) is 38.5 Å². The van der Waals surface area contributed by atoms with Crippen molar-refractivity contribution in [3.8, 4) is 6.07 Å². The van der Waals surface area contributed by atoms with E-state index >= 15 is 0 Å². The van der Waals surface area contributed by atoms with Gasteiger partial charge in [-0.2, -0.15) is 5.26 Å². The first-order chi connectivity index (χ1) is 8.18. The molecule has 17 heavy (non-hydrogen) atoms. The van der Waals surface area contributed by atoms with Gasteiger partial charge in [0, 0.05) is 6.04 Å². The number of amides is 1. The largest absolute Gasteiger partial charge is 0.352 e. The van der Waals surface area contributed by atoms with Crippen LogP contribution in [0.3, 0.4) is 0 Å². The Morgan fingerprint density at radius 1 is 1.29 bits per heavy atom. The Hall–Kier alpha value is -1.04. The molecule has 0 heterocycles. The van der Waals surface area contributed by atoms with Gasteiger partial charge in [0.2, 0.25) is 5.91 Å². The zero-order valence-electron chi connectivity index (χ0n) is 10.7. The first-order valence-corrected chi connectivity index (χ1v) is 6.90. The fourth-order valence-electron chi connectivity index (χ4n) is 2.78. The molecule has 1 amide bonds. The van der Waals surface area contributed by atoms with Gasteiger partial charge in [0.15, 0.2) is 0 Å². The fourth-order valence-corrected chi connectivity index (χ4v) is 2.78. The summed E-state index contributed by atoms with van der Waals surface area (Å²) in [5, 5.41) is 12.5. The molecule has 1 unspecified atom stereocenters. The van der Waals surface area contributed by atoms with Crippen LogP contribution in [0.5, 0.6) is 0 Å². The molecular weight excluding hydrogens is 212 g/mol. The molecule has 3 nitrogen and oxygen atoms in total. The van der Waals surface area contributed by atoms with Gasteiger partial charge in [0.05, 0.1) is 6.07 Å². The minimum Gasteiger partial charge on any atom is -0.352 e. The average Bonchev–Trinajstić information content (AvgIpc) is 3.16. The summed E-state index contributed by atoms with van der Waals surface area (Å²) in [6, 6.07) is 2.56. The van der Waals surface area contributed by atoms with E-state index in [9.17, 15) is 10.1 Å². The molecule has 1 N–H and O–H groups in total. The second kappa shape index (κ2) is 5.08. The van der Waals surface area contributed by atoms with Crippen LogP contribution in [0.15, 0.2) is 0 Å². The summed E-state index contributed by atoms with van der Waals surface area (Å²) in [4.78, 5) is 12.3. The quantitative estimate of drug-likeness (QED) is 0.763. The zero-order valence-corrected chi connectivity index (χ0v) is 10.7. The third-order valence-corrected chi connectivity index (χ3v) is 4.29. The number of hydrogen-bond donors (Lipinski definition) is 1. The molecule has 2 aliphatic rings. The summed E-state index contributed by atoms with van der Waals surface area (Å²) in [6.45, 7) is 2.07. The summed E-state index contributed by atoms with van der Waals surface area (Å²) < 4.78 is 0. The number of nitrogens with zero attached hydrogens (tertiary/aromatic N) is 1. The van der Waals surface area contributed by atoms with Crippen LogP contribution >= 0.6 is 0 Å². The number of rotatable bonds is 3. The highest BCUT2D eigenvalue weighted by Crippen LogP contribution is 2.36. The van der Waals surface area contributed by atoms with Crippen LogP contribution in [-0.4, -0.2) is 11.9 Å². The van der Waals surface area contributed by atoms with Gasteiger partial charge in [0.1, 0.15) is 5.41 Å². The first kappa shape index (κ1) is 12.4. The standard InChI is InChI=1S/C14H22N2O/c1-11(12-6-7-12)16-13(17)14(10-15)8-4-2-3-5-9-14/h11-12H,2-9H2,1H3,(H,16,17). The number of nitriles is 1. The summed E-state index contributed by atoms with van der Waals surface area (Å²) in [5.41, 5.74) is -0.736. The second-order valence-corrected chi connectivity index (χ2v) is 5.71. The molecule has 0 aromatic rings. The number of hydrogen-bond acceptors (Lipinski definition) is 2. The molecule has 3 heteroatoms. The van der Waals surface area contributed by atoms with Crippen LogP contribution in [0.1, 0.15) is 58.3 Å². The van der Waals surface area contributed by atoms with Crippen molar-refractivity contribution < 1.29 is 4.79 Å². The van der Waals surface area contributed by atoms with E-state index in [1.807, 2.05) is 0 Å². The molecule has 0 aromatic heterocycles. The lowest BCUT2D eigenvalue weighted by atomic mass is 9.80. The van der Waals surface area contributed by atoms with Gasteiger partial charge in [-0.15, -0.1) is 0 Å². The van der Waals surface area contributed by atoms with Crippen molar-refractivity contribution >= 4 is 5.91 Å².